The molecule has 1 saturated heterocycles. The maximum absolute atomic E-state index is 13.3. The Kier molecular flexibility index (Phi) is 7.47. The van der Waals surface area contributed by atoms with Crippen molar-refractivity contribution in [3.05, 3.63) is 54.1 Å². The summed E-state index contributed by atoms with van der Waals surface area (Å²) in [6.45, 7) is 3.53. The number of ether oxygens (including phenoxy) is 1. The number of nitrogens with zero attached hydrogens (tertiary/aromatic N) is 2. The maximum Gasteiger partial charge on any atom is 0.244 e. The lowest BCUT2D eigenvalue weighted by atomic mass is 10.1. The lowest BCUT2D eigenvalue weighted by Gasteiger charge is -2.25. The standard InChI is InChI=1S/C22H29N3O6S2/c1-5-31-20-12-11-18(25-22(26)16(2)15-32(25,27)28)13-21(20)33(29,30)23-14-19(24(3)4)17-9-7-6-8-10-17/h6-13,16,19,23H,5,14-15H2,1-4H3. The van der Waals surface area contributed by atoms with Crippen molar-refractivity contribution >= 4 is 31.6 Å². The third kappa shape index (κ3) is 5.37. The van der Waals surface area contributed by atoms with Crippen LogP contribution in [0.2, 0.25) is 0 Å². The lowest BCUT2D eigenvalue weighted by molar-refractivity contribution is -0.119. The van der Waals surface area contributed by atoms with Crippen LogP contribution >= 0.6 is 0 Å². The van der Waals surface area contributed by atoms with Crippen LogP contribution < -0.4 is 13.8 Å². The highest BCUT2D eigenvalue weighted by Crippen LogP contribution is 2.34. The maximum atomic E-state index is 13.3. The van der Waals surface area contributed by atoms with Gasteiger partial charge < -0.3 is 9.64 Å². The second-order valence-corrected chi connectivity index (χ2v) is 11.7. The minimum absolute atomic E-state index is 0.0274. The fourth-order valence-electron chi connectivity index (χ4n) is 3.73. The van der Waals surface area contributed by atoms with Gasteiger partial charge in [0.15, 0.2) is 0 Å². The van der Waals surface area contributed by atoms with Crippen molar-refractivity contribution in [1.82, 2.24) is 9.62 Å². The van der Waals surface area contributed by atoms with E-state index in [1.165, 1.54) is 25.1 Å². The highest BCUT2D eigenvalue weighted by Gasteiger charge is 2.42. The monoisotopic (exact) mass is 495 g/mol. The number of benzene rings is 2. The first-order valence-corrected chi connectivity index (χ1v) is 13.6. The summed E-state index contributed by atoms with van der Waals surface area (Å²) in [5.74, 6) is -1.54. The van der Waals surface area contributed by atoms with Gasteiger partial charge in [-0.05, 0) is 44.8 Å². The van der Waals surface area contributed by atoms with E-state index in [1.54, 1.807) is 6.92 Å². The molecule has 1 aliphatic rings. The van der Waals surface area contributed by atoms with E-state index >= 15 is 0 Å². The van der Waals surface area contributed by atoms with Crippen LogP contribution in [-0.4, -0.2) is 60.6 Å². The van der Waals surface area contributed by atoms with Crippen LogP contribution in [-0.2, 0) is 24.8 Å². The molecule has 2 aromatic carbocycles. The van der Waals surface area contributed by atoms with Gasteiger partial charge in [-0.25, -0.2) is 25.9 Å². The second-order valence-electron chi connectivity index (χ2n) is 8.09. The largest absolute Gasteiger partial charge is 0.492 e. The smallest absolute Gasteiger partial charge is 0.244 e. The van der Waals surface area contributed by atoms with Gasteiger partial charge in [-0.1, -0.05) is 37.3 Å². The third-order valence-corrected chi connectivity index (χ3v) is 8.70. The minimum atomic E-state index is -4.10. The molecule has 0 bridgehead atoms. The van der Waals surface area contributed by atoms with E-state index in [-0.39, 0.29) is 41.3 Å². The van der Waals surface area contributed by atoms with Crippen LogP contribution in [0.15, 0.2) is 53.4 Å². The van der Waals surface area contributed by atoms with Gasteiger partial charge in [0.25, 0.3) is 0 Å². The molecule has 0 saturated carbocycles. The SMILES string of the molecule is CCOc1ccc(N2C(=O)C(C)CS2(=O)=O)cc1S(=O)(=O)NCC(c1ccccc1)N(C)C. The molecule has 1 aliphatic heterocycles. The van der Waals surface area contributed by atoms with Gasteiger partial charge in [0, 0.05) is 12.6 Å². The van der Waals surface area contributed by atoms with E-state index in [0.29, 0.717) is 4.31 Å². The van der Waals surface area contributed by atoms with Gasteiger partial charge >= 0.3 is 0 Å². The molecular weight excluding hydrogens is 466 g/mol. The summed E-state index contributed by atoms with van der Waals surface area (Å²) in [7, 11) is -4.28. The number of hydrogen-bond donors (Lipinski definition) is 1. The molecule has 11 heteroatoms. The first-order chi connectivity index (χ1) is 15.5. The number of carbonyl (C=O) groups is 1. The Morgan fingerprint density at radius 3 is 2.39 bits per heavy atom. The van der Waals surface area contributed by atoms with Crippen LogP contribution in [0.5, 0.6) is 5.75 Å². The Hall–Kier alpha value is -2.47. The van der Waals surface area contributed by atoms with Crippen molar-refractivity contribution < 1.29 is 26.4 Å². The quantitative estimate of drug-likeness (QED) is 0.566. The fraction of sp³-hybridized carbons (Fsp3) is 0.409. The average Bonchev–Trinajstić information content (AvgIpc) is 2.95. The highest BCUT2D eigenvalue weighted by atomic mass is 32.2. The van der Waals surface area contributed by atoms with E-state index < -0.39 is 31.9 Å². The van der Waals surface area contributed by atoms with Gasteiger partial charge in [0.05, 0.1) is 24.0 Å². The Balaban J connectivity index is 1.97. The molecule has 1 heterocycles. The second kappa shape index (κ2) is 9.80. The van der Waals surface area contributed by atoms with E-state index in [0.717, 1.165) is 5.56 Å². The van der Waals surface area contributed by atoms with Crippen LogP contribution in [0.25, 0.3) is 0 Å². The third-order valence-electron chi connectivity index (χ3n) is 5.39. The predicted octanol–water partition coefficient (Wildman–Crippen LogP) is 1.98. The summed E-state index contributed by atoms with van der Waals surface area (Å²) in [6, 6.07) is 13.2. The molecule has 180 valence electrons. The normalized spacial score (nSPS) is 19.1. The molecule has 33 heavy (non-hydrogen) atoms. The van der Waals surface area contributed by atoms with Crippen molar-refractivity contribution in [1.29, 1.82) is 0 Å². The first-order valence-electron chi connectivity index (χ1n) is 10.5. The number of anilines is 1. The number of sulfonamides is 2. The zero-order chi connectivity index (χ0) is 24.4. The molecule has 0 aromatic heterocycles. The summed E-state index contributed by atoms with van der Waals surface area (Å²) in [4.78, 5) is 14.2. The van der Waals surface area contributed by atoms with Crippen molar-refractivity contribution in [2.24, 2.45) is 5.92 Å². The number of rotatable bonds is 9. The highest BCUT2D eigenvalue weighted by molar-refractivity contribution is 7.94. The zero-order valence-electron chi connectivity index (χ0n) is 19.1. The van der Waals surface area contributed by atoms with Crippen LogP contribution in [0.3, 0.4) is 0 Å². The molecule has 2 atom stereocenters. The van der Waals surface area contributed by atoms with Crippen molar-refractivity contribution in [3.63, 3.8) is 0 Å². The molecule has 9 nitrogen and oxygen atoms in total. The molecule has 0 aliphatic carbocycles. The zero-order valence-corrected chi connectivity index (χ0v) is 20.7. The number of hydrogen-bond acceptors (Lipinski definition) is 7. The molecule has 2 unspecified atom stereocenters. The van der Waals surface area contributed by atoms with E-state index in [2.05, 4.69) is 4.72 Å². The van der Waals surface area contributed by atoms with Gasteiger partial charge in [-0.3, -0.25) is 4.79 Å². The molecule has 1 fully saturated rings. The molecule has 0 radical (unpaired) electrons. The summed E-state index contributed by atoms with van der Waals surface area (Å²) in [5, 5.41) is 0. The summed E-state index contributed by atoms with van der Waals surface area (Å²) >= 11 is 0. The molecule has 3 rings (SSSR count). The molecule has 1 amide bonds. The van der Waals surface area contributed by atoms with Gasteiger partial charge in [-0.2, -0.15) is 0 Å². The molecular formula is C22H29N3O6S2. The number of amides is 1. The van der Waals surface area contributed by atoms with Gasteiger partial charge in [-0.15, -0.1) is 0 Å². The van der Waals surface area contributed by atoms with E-state index in [1.807, 2.05) is 49.3 Å². The summed E-state index contributed by atoms with van der Waals surface area (Å²) in [5.41, 5.74) is 0.909. The van der Waals surface area contributed by atoms with Crippen molar-refractivity contribution in [2.45, 2.75) is 24.8 Å². The number of likely N-dealkylation sites (N-methyl/N-ethyl adjacent to an activating group) is 1. The lowest BCUT2D eigenvalue weighted by Crippen LogP contribution is -2.35. The Bertz CT molecular complexity index is 1210. The topological polar surface area (TPSA) is 113 Å². The van der Waals surface area contributed by atoms with Crippen LogP contribution in [0.1, 0.15) is 25.5 Å². The molecule has 1 N–H and O–H groups in total. The Morgan fingerprint density at radius 2 is 1.85 bits per heavy atom. The minimum Gasteiger partial charge on any atom is -0.492 e. The van der Waals surface area contributed by atoms with E-state index in [4.69, 9.17) is 4.74 Å². The fourth-order valence-corrected chi connectivity index (χ4v) is 6.75. The average molecular weight is 496 g/mol. The van der Waals surface area contributed by atoms with Gasteiger partial charge in [0.1, 0.15) is 10.6 Å². The summed E-state index contributed by atoms with van der Waals surface area (Å²) < 4.78 is 60.4. The van der Waals surface area contributed by atoms with Crippen LogP contribution in [0.4, 0.5) is 5.69 Å². The molecule has 0 spiro atoms. The summed E-state index contributed by atoms with van der Waals surface area (Å²) in [6.07, 6.45) is 0. The van der Waals surface area contributed by atoms with Gasteiger partial charge in [0.2, 0.25) is 26.0 Å². The number of carbonyl (C=O) groups excluding carboxylic acids is 1. The van der Waals surface area contributed by atoms with Crippen LogP contribution in [0, 0.1) is 5.92 Å². The Morgan fingerprint density at radius 1 is 1.18 bits per heavy atom. The Labute approximate surface area is 195 Å². The van der Waals surface area contributed by atoms with Crippen molar-refractivity contribution in [3.8, 4) is 5.75 Å². The van der Waals surface area contributed by atoms with E-state index in [9.17, 15) is 21.6 Å². The molecule has 2 aromatic rings. The first kappa shape index (κ1) is 25.2. The van der Waals surface area contributed by atoms with Crippen molar-refractivity contribution in [2.75, 3.05) is 37.3 Å². The number of nitrogens with one attached hydrogen (secondary N) is 1. The predicted molar refractivity (Wildman–Crippen MR) is 126 cm³/mol.